The molecular weight excluding hydrogens is 1090 g/mol. The first-order chi connectivity index (χ1) is 44.0. The van der Waals surface area contributed by atoms with Gasteiger partial charge in [-0.15, -0.1) is 0 Å². The minimum absolute atomic E-state index is 0.0234. The van der Waals surface area contributed by atoms with Gasteiger partial charge in [-0.2, -0.15) is 0 Å². The van der Waals surface area contributed by atoms with E-state index in [0.29, 0.717) is 25.9 Å². The molecular formula is C83H165NO5. The maximum atomic E-state index is 12.6. The van der Waals surface area contributed by atoms with Crippen LogP contribution in [-0.2, 0) is 14.3 Å². The van der Waals surface area contributed by atoms with E-state index in [1.54, 1.807) is 0 Å². The summed E-state index contributed by atoms with van der Waals surface area (Å²) >= 11 is 0. The van der Waals surface area contributed by atoms with E-state index in [0.717, 1.165) is 38.5 Å². The molecule has 2 atom stereocenters. The van der Waals surface area contributed by atoms with Crippen molar-refractivity contribution < 1.29 is 24.5 Å². The molecule has 0 aliphatic rings. The van der Waals surface area contributed by atoms with E-state index in [1.807, 2.05) is 0 Å². The van der Waals surface area contributed by atoms with Crippen molar-refractivity contribution in [1.29, 1.82) is 0 Å². The van der Waals surface area contributed by atoms with E-state index in [-0.39, 0.29) is 18.5 Å². The SMILES string of the molecule is CCCCCCCCCCCCCCCCCCCCCCCCCC(O)C(CO)NC(=O)CCCCCCCCCCCCCCCCCCCCCCCCCCCCCCCCCCCOC(=O)CCCCCCCCCCCCCCCCCC. The Morgan fingerprint density at radius 3 is 0.685 bits per heavy atom. The third-order valence-corrected chi connectivity index (χ3v) is 20.2. The van der Waals surface area contributed by atoms with Crippen LogP contribution in [-0.4, -0.2) is 47.4 Å². The zero-order valence-electron chi connectivity index (χ0n) is 61.2. The van der Waals surface area contributed by atoms with Gasteiger partial charge >= 0.3 is 5.97 Å². The van der Waals surface area contributed by atoms with Crippen LogP contribution in [0.2, 0.25) is 0 Å². The van der Waals surface area contributed by atoms with Crippen LogP contribution in [0.15, 0.2) is 0 Å². The number of rotatable bonds is 80. The lowest BCUT2D eigenvalue weighted by Crippen LogP contribution is -2.45. The Morgan fingerprint density at radius 1 is 0.270 bits per heavy atom. The quantitative estimate of drug-likeness (QED) is 0.0417. The molecule has 0 aromatic rings. The average molecular weight is 1260 g/mol. The fourth-order valence-electron chi connectivity index (χ4n) is 13.8. The third kappa shape index (κ3) is 75.8. The summed E-state index contributed by atoms with van der Waals surface area (Å²) in [6.45, 7) is 5.03. The number of aliphatic hydroxyl groups excluding tert-OH is 2. The summed E-state index contributed by atoms with van der Waals surface area (Å²) in [7, 11) is 0. The van der Waals surface area contributed by atoms with Crippen molar-refractivity contribution in [3.05, 3.63) is 0 Å². The largest absolute Gasteiger partial charge is 0.466 e. The molecule has 0 radical (unpaired) electrons. The van der Waals surface area contributed by atoms with Crippen molar-refractivity contribution in [2.24, 2.45) is 0 Å². The molecule has 0 saturated carbocycles. The molecule has 0 aromatic carbocycles. The van der Waals surface area contributed by atoms with Gasteiger partial charge in [0.2, 0.25) is 5.91 Å². The van der Waals surface area contributed by atoms with E-state index in [9.17, 15) is 19.8 Å². The maximum Gasteiger partial charge on any atom is 0.305 e. The highest BCUT2D eigenvalue weighted by molar-refractivity contribution is 5.76. The van der Waals surface area contributed by atoms with Gasteiger partial charge in [0.05, 0.1) is 25.4 Å². The Morgan fingerprint density at radius 2 is 0.461 bits per heavy atom. The third-order valence-electron chi connectivity index (χ3n) is 20.2. The fraction of sp³-hybridized carbons (Fsp3) is 0.976. The second-order valence-electron chi connectivity index (χ2n) is 29.2. The highest BCUT2D eigenvalue weighted by Crippen LogP contribution is 2.21. The second-order valence-corrected chi connectivity index (χ2v) is 29.2. The van der Waals surface area contributed by atoms with Gasteiger partial charge in [0, 0.05) is 12.8 Å². The zero-order chi connectivity index (χ0) is 64.2. The lowest BCUT2D eigenvalue weighted by atomic mass is 10.0. The summed E-state index contributed by atoms with van der Waals surface area (Å²) in [5.74, 6) is 0.00343. The van der Waals surface area contributed by atoms with E-state index in [2.05, 4.69) is 19.2 Å². The smallest absolute Gasteiger partial charge is 0.305 e. The van der Waals surface area contributed by atoms with Gasteiger partial charge in [-0.1, -0.05) is 457 Å². The molecule has 6 nitrogen and oxygen atoms in total. The highest BCUT2D eigenvalue weighted by Gasteiger charge is 2.20. The van der Waals surface area contributed by atoms with E-state index in [4.69, 9.17) is 4.74 Å². The van der Waals surface area contributed by atoms with Crippen molar-refractivity contribution in [2.75, 3.05) is 13.2 Å². The predicted molar refractivity (Wildman–Crippen MR) is 394 cm³/mol. The number of ether oxygens (including phenoxy) is 1. The van der Waals surface area contributed by atoms with Crippen LogP contribution in [0, 0.1) is 0 Å². The van der Waals surface area contributed by atoms with Crippen LogP contribution in [0.3, 0.4) is 0 Å². The lowest BCUT2D eigenvalue weighted by Gasteiger charge is -2.22. The molecule has 2 unspecified atom stereocenters. The van der Waals surface area contributed by atoms with Crippen LogP contribution in [0.25, 0.3) is 0 Å². The van der Waals surface area contributed by atoms with Gasteiger partial charge in [0.1, 0.15) is 0 Å². The van der Waals surface area contributed by atoms with Gasteiger partial charge in [-0.25, -0.2) is 0 Å². The van der Waals surface area contributed by atoms with E-state index >= 15 is 0 Å². The van der Waals surface area contributed by atoms with Crippen LogP contribution in [0.5, 0.6) is 0 Å². The molecule has 0 aromatic heterocycles. The van der Waals surface area contributed by atoms with Crippen LogP contribution < -0.4 is 5.32 Å². The molecule has 0 spiro atoms. The number of hydrogen-bond acceptors (Lipinski definition) is 5. The summed E-state index contributed by atoms with van der Waals surface area (Å²) in [6.07, 6.45) is 99.3. The molecule has 0 aliphatic carbocycles. The molecule has 1 amide bonds. The summed E-state index contributed by atoms with van der Waals surface area (Å²) in [6, 6.07) is -0.538. The van der Waals surface area contributed by atoms with Crippen molar-refractivity contribution in [3.63, 3.8) is 0 Å². The molecule has 0 fully saturated rings. The van der Waals surface area contributed by atoms with Crippen molar-refractivity contribution in [1.82, 2.24) is 5.32 Å². The van der Waals surface area contributed by atoms with E-state index in [1.165, 1.54) is 424 Å². The fourth-order valence-corrected chi connectivity index (χ4v) is 13.8. The minimum atomic E-state index is -0.661. The van der Waals surface area contributed by atoms with Crippen LogP contribution in [0.4, 0.5) is 0 Å². The number of amides is 1. The highest BCUT2D eigenvalue weighted by atomic mass is 16.5. The second kappa shape index (κ2) is 79.3. The number of unbranched alkanes of at least 4 members (excludes halogenated alkanes) is 69. The Hall–Kier alpha value is -1.14. The summed E-state index contributed by atoms with van der Waals surface area (Å²) in [5, 5.41) is 23.5. The Kier molecular flexibility index (Phi) is 78.3. The van der Waals surface area contributed by atoms with Gasteiger partial charge < -0.3 is 20.3 Å². The summed E-state index contributed by atoms with van der Waals surface area (Å²) < 4.78 is 5.51. The number of aliphatic hydroxyl groups is 2. The number of esters is 1. The standard InChI is InChI=1S/C83H165NO5/c1-3-5-7-9-11-13-15-17-19-21-22-23-35-38-41-44-47-51-55-59-63-67-71-75-81(86)80(79-85)84-82(87)76-72-68-64-60-56-52-48-45-42-39-36-33-31-29-27-25-24-26-28-30-32-34-37-40-43-46-50-54-58-62-66-70-74-78-89-83(88)77-73-69-65-61-57-53-49-20-18-16-14-12-10-8-6-4-2/h80-81,85-86H,3-79H2,1-2H3,(H,84,87). The molecule has 0 rings (SSSR count). The molecule has 0 aliphatic heterocycles. The zero-order valence-corrected chi connectivity index (χ0v) is 61.2. The average Bonchev–Trinajstić information content (AvgIpc) is 3.57. The Balaban J connectivity index is 3.31. The first kappa shape index (κ1) is 87.9. The molecule has 3 N–H and O–H groups in total. The molecule has 6 heteroatoms. The lowest BCUT2D eigenvalue weighted by molar-refractivity contribution is -0.143. The monoisotopic (exact) mass is 1260 g/mol. The van der Waals surface area contributed by atoms with Crippen LogP contribution >= 0.6 is 0 Å². The van der Waals surface area contributed by atoms with E-state index < -0.39 is 12.1 Å². The number of nitrogens with one attached hydrogen (secondary N) is 1. The normalized spacial score (nSPS) is 12.4. The van der Waals surface area contributed by atoms with Crippen molar-refractivity contribution in [3.8, 4) is 0 Å². The van der Waals surface area contributed by atoms with Gasteiger partial charge in [0.25, 0.3) is 0 Å². The number of carbonyl (C=O) groups excluding carboxylic acids is 2. The van der Waals surface area contributed by atoms with Gasteiger partial charge in [-0.05, 0) is 25.7 Å². The van der Waals surface area contributed by atoms with Crippen molar-refractivity contribution in [2.45, 2.75) is 508 Å². The Labute approximate surface area is 559 Å². The first-order valence-corrected chi connectivity index (χ1v) is 41.8. The number of hydrogen-bond donors (Lipinski definition) is 3. The first-order valence-electron chi connectivity index (χ1n) is 41.8. The molecule has 0 saturated heterocycles. The topological polar surface area (TPSA) is 95.9 Å². The maximum absolute atomic E-state index is 12.6. The predicted octanol–water partition coefficient (Wildman–Crippen LogP) is 27.7. The van der Waals surface area contributed by atoms with Crippen LogP contribution in [0.1, 0.15) is 495 Å². The Bertz CT molecular complexity index is 1310. The molecule has 0 heterocycles. The molecule has 89 heavy (non-hydrogen) atoms. The minimum Gasteiger partial charge on any atom is -0.466 e. The van der Waals surface area contributed by atoms with Gasteiger partial charge in [0.15, 0.2) is 0 Å². The van der Waals surface area contributed by atoms with Crippen molar-refractivity contribution >= 4 is 11.9 Å². The molecule has 532 valence electrons. The summed E-state index contributed by atoms with van der Waals surface area (Å²) in [5.41, 5.74) is 0. The summed E-state index contributed by atoms with van der Waals surface area (Å²) in [4.78, 5) is 24.7. The molecule has 0 bridgehead atoms. The number of carbonyl (C=O) groups is 2. The van der Waals surface area contributed by atoms with Gasteiger partial charge in [-0.3, -0.25) is 9.59 Å².